The Balaban J connectivity index is 1.94. The van der Waals surface area contributed by atoms with Gasteiger partial charge < -0.3 is 9.64 Å². The second-order valence-corrected chi connectivity index (χ2v) is 6.02. The van der Waals surface area contributed by atoms with Crippen molar-refractivity contribution in [3.05, 3.63) is 35.9 Å². The van der Waals surface area contributed by atoms with Crippen LogP contribution < -0.4 is 4.90 Å². The fourth-order valence-electron chi connectivity index (χ4n) is 3.02. The molecule has 0 radical (unpaired) electrons. The van der Waals surface area contributed by atoms with Gasteiger partial charge in [0.05, 0.1) is 11.6 Å². The minimum absolute atomic E-state index is 0.334. The highest BCUT2D eigenvalue weighted by molar-refractivity contribution is 9.08. The Morgan fingerprint density at radius 1 is 1.38 bits per heavy atom. The highest BCUT2D eigenvalue weighted by Gasteiger charge is 2.23. The highest BCUT2D eigenvalue weighted by Crippen LogP contribution is 2.28. The van der Waals surface area contributed by atoms with E-state index in [1.54, 1.807) is 0 Å². The molecule has 3 rings (SSSR count). The van der Waals surface area contributed by atoms with Crippen LogP contribution in [0.4, 0.5) is 5.82 Å². The van der Waals surface area contributed by atoms with E-state index in [-0.39, 0.29) is 0 Å². The van der Waals surface area contributed by atoms with Crippen LogP contribution in [0.5, 0.6) is 0 Å². The minimum Gasteiger partial charge on any atom is -0.377 e. The molecule has 1 aromatic heterocycles. The summed E-state index contributed by atoms with van der Waals surface area (Å²) in [5.41, 5.74) is 2.32. The highest BCUT2D eigenvalue weighted by atomic mass is 79.9. The van der Waals surface area contributed by atoms with Crippen LogP contribution in [0, 0.1) is 0 Å². The van der Waals surface area contributed by atoms with E-state index in [1.165, 1.54) is 17.4 Å². The average Bonchev–Trinajstić information content (AvgIpc) is 2.54. The van der Waals surface area contributed by atoms with Crippen LogP contribution in [-0.4, -0.2) is 30.8 Å². The van der Waals surface area contributed by atoms with Crippen LogP contribution in [0.3, 0.4) is 0 Å². The zero-order valence-electron chi connectivity index (χ0n) is 12.4. The summed E-state index contributed by atoms with van der Waals surface area (Å²) in [4.78, 5) is 7.29. The van der Waals surface area contributed by atoms with Crippen molar-refractivity contribution in [2.75, 3.05) is 24.6 Å². The first kappa shape index (κ1) is 14.8. The fourth-order valence-corrected chi connectivity index (χ4v) is 3.44. The van der Waals surface area contributed by atoms with Gasteiger partial charge in [0, 0.05) is 36.0 Å². The molecule has 1 saturated heterocycles. The number of anilines is 1. The molecule has 0 saturated carbocycles. The topological polar surface area (TPSA) is 25.4 Å². The van der Waals surface area contributed by atoms with Gasteiger partial charge in [-0.3, -0.25) is 0 Å². The zero-order chi connectivity index (χ0) is 14.7. The Kier molecular flexibility index (Phi) is 4.76. The van der Waals surface area contributed by atoms with E-state index in [9.17, 15) is 0 Å². The molecule has 1 atom stereocenters. The Morgan fingerprint density at radius 2 is 2.24 bits per heavy atom. The fraction of sp³-hybridized carbons (Fsp3) is 0.471. The van der Waals surface area contributed by atoms with Crippen molar-refractivity contribution in [1.29, 1.82) is 0 Å². The molecule has 2 heterocycles. The van der Waals surface area contributed by atoms with Gasteiger partial charge in [-0.1, -0.05) is 34.1 Å². The maximum Gasteiger partial charge on any atom is 0.133 e. The monoisotopic (exact) mass is 348 g/mol. The summed E-state index contributed by atoms with van der Waals surface area (Å²) in [6.45, 7) is 4.86. The van der Waals surface area contributed by atoms with Crippen molar-refractivity contribution in [3.63, 3.8) is 0 Å². The predicted molar refractivity (Wildman–Crippen MR) is 91.2 cm³/mol. The van der Waals surface area contributed by atoms with Crippen molar-refractivity contribution >= 4 is 32.7 Å². The summed E-state index contributed by atoms with van der Waals surface area (Å²) in [5, 5.41) is 2.03. The first-order valence-electron chi connectivity index (χ1n) is 7.63. The number of benzene rings is 1. The van der Waals surface area contributed by atoms with E-state index in [0.29, 0.717) is 6.10 Å². The van der Waals surface area contributed by atoms with Crippen LogP contribution in [0.2, 0.25) is 0 Å². The molecule has 0 N–H and O–H groups in total. The molecule has 1 aliphatic heterocycles. The van der Waals surface area contributed by atoms with Crippen LogP contribution in [-0.2, 0) is 10.1 Å². The Hall–Kier alpha value is -1.13. The number of alkyl halides is 1. The molecular formula is C17H21BrN2O. The minimum atomic E-state index is 0.334. The number of para-hydroxylation sites is 1. The molecule has 0 bridgehead atoms. The van der Waals surface area contributed by atoms with Crippen molar-refractivity contribution in [3.8, 4) is 0 Å². The Labute approximate surface area is 134 Å². The number of aromatic nitrogens is 1. The third-order valence-corrected chi connectivity index (χ3v) is 4.61. The largest absolute Gasteiger partial charge is 0.377 e. The number of rotatable bonds is 4. The average molecular weight is 349 g/mol. The normalized spacial score (nSPS) is 19.1. The number of halogens is 1. The molecular weight excluding hydrogens is 328 g/mol. The summed E-state index contributed by atoms with van der Waals surface area (Å²) >= 11 is 3.61. The van der Waals surface area contributed by atoms with E-state index >= 15 is 0 Å². The smallest absolute Gasteiger partial charge is 0.133 e. The van der Waals surface area contributed by atoms with E-state index in [1.807, 2.05) is 6.07 Å². The first-order valence-corrected chi connectivity index (χ1v) is 8.75. The van der Waals surface area contributed by atoms with Gasteiger partial charge in [-0.25, -0.2) is 4.98 Å². The second-order valence-electron chi connectivity index (χ2n) is 5.46. The molecule has 2 aromatic rings. The lowest BCUT2D eigenvalue weighted by atomic mass is 10.1. The van der Waals surface area contributed by atoms with E-state index in [4.69, 9.17) is 9.72 Å². The third kappa shape index (κ3) is 3.22. The van der Waals surface area contributed by atoms with Crippen molar-refractivity contribution in [1.82, 2.24) is 4.98 Å². The first-order chi connectivity index (χ1) is 10.3. The van der Waals surface area contributed by atoms with Gasteiger partial charge in [0.15, 0.2) is 0 Å². The molecule has 0 amide bonds. The number of fused-ring (bicyclic) bond motifs is 1. The second kappa shape index (κ2) is 6.75. The molecule has 0 spiro atoms. The molecule has 21 heavy (non-hydrogen) atoms. The SMILES string of the molecule is CCOC1CCCN(c2nc3ccccc3cc2CBr)C1. The number of nitrogens with zero attached hydrogens (tertiary/aromatic N) is 2. The Bertz CT molecular complexity index is 615. The maximum absolute atomic E-state index is 5.81. The van der Waals surface area contributed by atoms with Crippen LogP contribution in [0.15, 0.2) is 30.3 Å². The standard InChI is InChI=1S/C17H21BrN2O/c1-2-21-15-7-5-9-20(12-15)17-14(11-18)10-13-6-3-4-8-16(13)19-17/h3-4,6,8,10,15H,2,5,7,9,11-12H2,1H3. The van der Waals surface area contributed by atoms with Gasteiger partial charge >= 0.3 is 0 Å². The van der Waals surface area contributed by atoms with Gasteiger partial charge in [0.25, 0.3) is 0 Å². The summed E-state index contributed by atoms with van der Waals surface area (Å²) in [5.74, 6) is 1.11. The number of ether oxygens (including phenoxy) is 1. The summed E-state index contributed by atoms with van der Waals surface area (Å²) in [6, 6.07) is 10.6. The quantitative estimate of drug-likeness (QED) is 0.776. The van der Waals surface area contributed by atoms with Gasteiger partial charge in [-0.15, -0.1) is 0 Å². The number of pyridine rings is 1. The molecule has 1 aliphatic rings. The maximum atomic E-state index is 5.81. The number of piperidine rings is 1. The lowest BCUT2D eigenvalue weighted by Gasteiger charge is -2.34. The van der Waals surface area contributed by atoms with Crippen molar-refractivity contribution < 1.29 is 4.74 Å². The summed E-state index contributed by atoms with van der Waals surface area (Å²) in [6.07, 6.45) is 2.66. The van der Waals surface area contributed by atoms with E-state index < -0.39 is 0 Å². The van der Waals surface area contributed by atoms with Gasteiger partial charge in [-0.2, -0.15) is 0 Å². The van der Waals surface area contributed by atoms with Crippen LogP contribution in [0.1, 0.15) is 25.3 Å². The van der Waals surface area contributed by atoms with Crippen LogP contribution >= 0.6 is 15.9 Å². The molecule has 4 heteroatoms. The number of hydrogen-bond donors (Lipinski definition) is 0. The molecule has 0 aliphatic carbocycles. The summed E-state index contributed by atoms with van der Waals surface area (Å²) in [7, 11) is 0. The lowest BCUT2D eigenvalue weighted by molar-refractivity contribution is 0.0525. The Morgan fingerprint density at radius 3 is 3.05 bits per heavy atom. The molecule has 1 unspecified atom stereocenters. The van der Waals surface area contributed by atoms with Crippen molar-refractivity contribution in [2.24, 2.45) is 0 Å². The van der Waals surface area contributed by atoms with Gasteiger partial charge in [-0.05, 0) is 31.9 Å². The van der Waals surface area contributed by atoms with Gasteiger partial charge in [0.1, 0.15) is 5.82 Å². The van der Waals surface area contributed by atoms with Gasteiger partial charge in [0.2, 0.25) is 0 Å². The van der Waals surface area contributed by atoms with E-state index in [0.717, 1.165) is 42.8 Å². The lowest BCUT2D eigenvalue weighted by Crippen LogP contribution is -2.40. The molecule has 1 fully saturated rings. The van der Waals surface area contributed by atoms with Crippen LogP contribution in [0.25, 0.3) is 10.9 Å². The predicted octanol–water partition coefficient (Wildman–Crippen LogP) is 4.14. The summed E-state index contributed by atoms with van der Waals surface area (Å²) < 4.78 is 5.81. The molecule has 3 nitrogen and oxygen atoms in total. The van der Waals surface area contributed by atoms with E-state index in [2.05, 4.69) is 52.0 Å². The van der Waals surface area contributed by atoms with Crippen molar-refractivity contribution in [2.45, 2.75) is 31.2 Å². The zero-order valence-corrected chi connectivity index (χ0v) is 14.0. The third-order valence-electron chi connectivity index (χ3n) is 4.00. The number of hydrogen-bond acceptors (Lipinski definition) is 3. The molecule has 1 aromatic carbocycles. The molecule has 112 valence electrons.